The van der Waals surface area contributed by atoms with Crippen molar-refractivity contribution in [2.45, 2.75) is 49.5 Å². The van der Waals surface area contributed by atoms with Crippen LogP contribution in [0.15, 0.2) is 40.6 Å². The van der Waals surface area contributed by atoms with Crippen molar-refractivity contribution in [1.82, 2.24) is 24.8 Å². The minimum atomic E-state index is -0.633. The number of rotatable bonds is 8. The molecule has 0 saturated heterocycles. The number of nitrogens with two attached hydrogens (primary N) is 1. The SMILES string of the molecule is Cc1ccc(-c2cc3c(cc2Sc2nc4c(N)ncnc4n2CC(O)CNC(C)C)OCO3)s1. The first-order valence-electron chi connectivity index (χ1n) is 11.0. The normalized spacial score (nSPS) is 13.8. The number of anilines is 1. The smallest absolute Gasteiger partial charge is 0.231 e. The van der Waals surface area contributed by atoms with Crippen molar-refractivity contribution in [1.29, 1.82) is 0 Å². The summed E-state index contributed by atoms with van der Waals surface area (Å²) in [5.41, 5.74) is 8.25. The molecular formula is C23H26N6O3S2. The third kappa shape index (κ3) is 4.56. The first-order valence-corrected chi connectivity index (χ1v) is 12.6. The number of thiophene rings is 1. The quantitative estimate of drug-likeness (QED) is 0.334. The molecule has 9 nitrogen and oxygen atoms in total. The molecule has 4 N–H and O–H groups in total. The van der Waals surface area contributed by atoms with Crippen LogP contribution >= 0.6 is 23.1 Å². The monoisotopic (exact) mass is 498 g/mol. The average Bonchev–Trinajstić information content (AvgIpc) is 3.52. The third-order valence-corrected chi connectivity index (χ3v) is 7.45. The predicted octanol–water partition coefficient (Wildman–Crippen LogP) is 3.68. The fraction of sp³-hybridized carbons (Fsp3) is 0.348. The van der Waals surface area contributed by atoms with Gasteiger partial charge in [0.2, 0.25) is 6.79 Å². The number of hydrogen-bond acceptors (Lipinski definition) is 10. The topological polar surface area (TPSA) is 120 Å². The zero-order valence-electron chi connectivity index (χ0n) is 19.1. The van der Waals surface area contributed by atoms with Gasteiger partial charge in [0.1, 0.15) is 6.33 Å². The third-order valence-electron chi connectivity index (χ3n) is 5.36. The van der Waals surface area contributed by atoms with E-state index in [2.05, 4.69) is 34.3 Å². The Kier molecular flexibility index (Phi) is 6.34. The summed E-state index contributed by atoms with van der Waals surface area (Å²) in [6.07, 6.45) is 0.787. The van der Waals surface area contributed by atoms with Crippen molar-refractivity contribution in [3.63, 3.8) is 0 Å². The maximum absolute atomic E-state index is 10.7. The van der Waals surface area contributed by atoms with Crippen molar-refractivity contribution in [3.05, 3.63) is 35.5 Å². The van der Waals surface area contributed by atoms with Crippen molar-refractivity contribution in [2.75, 3.05) is 19.1 Å². The minimum Gasteiger partial charge on any atom is -0.454 e. The van der Waals surface area contributed by atoms with Crippen LogP contribution in [0.25, 0.3) is 21.6 Å². The first kappa shape index (κ1) is 22.9. The van der Waals surface area contributed by atoms with Crippen molar-refractivity contribution in [2.24, 2.45) is 0 Å². The number of nitrogens with one attached hydrogen (secondary N) is 1. The molecule has 1 atom stereocenters. The predicted molar refractivity (Wildman–Crippen MR) is 134 cm³/mol. The molecule has 34 heavy (non-hydrogen) atoms. The van der Waals surface area contributed by atoms with Crippen LogP contribution in [0.3, 0.4) is 0 Å². The van der Waals surface area contributed by atoms with Crippen LogP contribution in [0.4, 0.5) is 5.82 Å². The van der Waals surface area contributed by atoms with E-state index in [1.54, 1.807) is 11.3 Å². The van der Waals surface area contributed by atoms with Gasteiger partial charge < -0.3 is 30.2 Å². The molecule has 5 rings (SSSR count). The van der Waals surface area contributed by atoms with Crippen LogP contribution in [-0.4, -0.2) is 50.1 Å². The highest BCUT2D eigenvalue weighted by Gasteiger charge is 2.23. The number of hydrogen-bond donors (Lipinski definition) is 3. The van der Waals surface area contributed by atoms with Crippen LogP contribution in [0.2, 0.25) is 0 Å². The van der Waals surface area contributed by atoms with E-state index in [0.717, 1.165) is 21.1 Å². The van der Waals surface area contributed by atoms with Crippen LogP contribution in [-0.2, 0) is 6.54 Å². The number of imidazole rings is 1. The van der Waals surface area contributed by atoms with Gasteiger partial charge in [-0.1, -0.05) is 25.6 Å². The second-order valence-electron chi connectivity index (χ2n) is 8.37. The zero-order valence-corrected chi connectivity index (χ0v) is 20.7. The van der Waals surface area contributed by atoms with Crippen LogP contribution in [0, 0.1) is 6.92 Å². The fourth-order valence-corrected chi connectivity index (χ4v) is 5.71. The van der Waals surface area contributed by atoms with E-state index >= 15 is 0 Å². The second-order valence-corrected chi connectivity index (χ2v) is 10.7. The van der Waals surface area contributed by atoms with Gasteiger partial charge in [-0.3, -0.25) is 0 Å². The molecule has 0 bridgehead atoms. The number of aryl methyl sites for hydroxylation is 1. The standard InChI is InChI=1S/C23H26N6O3S2/c1-12(2)25-8-14(30)9-29-22-20(21(24)26-10-27-22)28-23(29)34-19-7-17-16(31-11-32-17)6-15(19)18-5-4-13(3)33-18/h4-7,10,12,14,25,30H,8-9,11H2,1-3H3,(H2,24,26,27). The van der Waals surface area contributed by atoms with Crippen LogP contribution < -0.4 is 20.5 Å². The lowest BCUT2D eigenvalue weighted by Crippen LogP contribution is -2.34. The summed E-state index contributed by atoms with van der Waals surface area (Å²) < 4.78 is 13.2. The average molecular weight is 499 g/mol. The molecule has 1 aliphatic rings. The molecule has 1 aliphatic heterocycles. The number of nitrogens with zero attached hydrogens (tertiary/aromatic N) is 4. The Morgan fingerprint density at radius 1 is 1.24 bits per heavy atom. The Hall–Kier alpha value is -2.86. The Bertz CT molecular complexity index is 1340. The fourth-order valence-electron chi connectivity index (χ4n) is 3.70. The molecule has 0 fully saturated rings. The highest BCUT2D eigenvalue weighted by atomic mass is 32.2. The number of aromatic nitrogens is 4. The molecule has 1 aromatic carbocycles. The summed E-state index contributed by atoms with van der Waals surface area (Å²) in [4.78, 5) is 16.6. The molecule has 0 saturated carbocycles. The number of benzene rings is 1. The van der Waals surface area contributed by atoms with E-state index in [1.807, 2.05) is 30.5 Å². The van der Waals surface area contributed by atoms with Crippen molar-refractivity contribution < 1.29 is 14.6 Å². The largest absolute Gasteiger partial charge is 0.454 e. The summed E-state index contributed by atoms with van der Waals surface area (Å²) in [6.45, 7) is 7.14. The number of ether oxygens (including phenoxy) is 2. The van der Waals surface area contributed by atoms with E-state index in [0.29, 0.717) is 41.0 Å². The molecule has 1 unspecified atom stereocenters. The van der Waals surface area contributed by atoms with Gasteiger partial charge in [0.25, 0.3) is 0 Å². The van der Waals surface area contributed by atoms with Gasteiger partial charge in [-0.05, 0) is 31.2 Å². The molecular weight excluding hydrogens is 472 g/mol. The first-order chi connectivity index (χ1) is 16.4. The number of fused-ring (bicyclic) bond motifs is 2. The van der Waals surface area contributed by atoms with Gasteiger partial charge in [-0.25, -0.2) is 15.0 Å². The Labute approximate surface area is 205 Å². The number of aliphatic hydroxyl groups excluding tert-OH is 1. The summed E-state index contributed by atoms with van der Waals surface area (Å²) in [6, 6.07) is 8.47. The molecule has 0 amide bonds. The van der Waals surface area contributed by atoms with Gasteiger partial charge in [-0.2, -0.15) is 0 Å². The minimum absolute atomic E-state index is 0.200. The van der Waals surface area contributed by atoms with Gasteiger partial charge in [0.05, 0.1) is 12.6 Å². The number of nitrogen functional groups attached to an aromatic ring is 1. The van der Waals surface area contributed by atoms with Gasteiger partial charge in [0, 0.05) is 32.8 Å². The summed E-state index contributed by atoms with van der Waals surface area (Å²) in [5, 5.41) is 14.7. The zero-order chi connectivity index (χ0) is 23.8. The van der Waals surface area contributed by atoms with Gasteiger partial charge in [0.15, 0.2) is 33.6 Å². The highest BCUT2D eigenvalue weighted by Crippen LogP contribution is 2.46. The van der Waals surface area contributed by atoms with Crippen LogP contribution in [0.5, 0.6) is 11.5 Å². The maximum atomic E-state index is 10.7. The summed E-state index contributed by atoms with van der Waals surface area (Å²) in [7, 11) is 0. The number of aliphatic hydroxyl groups is 1. The summed E-state index contributed by atoms with van der Waals surface area (Å²) >= 11 is 3.19. The Morgan fingerprint density at radius 3 is 2.76 bits per heavy atom. The lowest BCUT2D eigenvalue weighted by Gasteiger charge is -2.17. The molecule has 0 spiro atoms. The summed E-state index contributed by atoms with van der Waals surface area (Å²) in [5.74, 6) is 1.73. The Balaban J connectivity index is 1.57. The molecule has 4 heterocycles. The lowest BCUT2D eigenvalue weighted by atomic mass is 10.1. The lowest BCUT2D eigenvalue weighted by molar-refractivity contribution is 0.147. The van der Waals surface area contributed by atoms with Crippen molar-refractivity contribution in [3.8, 4) is 21.9 Å². The van der Waals surface area contributed by atoms with E-state index in [-0.39, 0.29) is 12.8 Å². The van der Waals surface area contributed by atoms with Crippen molar-refractivity contribution >= 4 is 40.1 Å². The van der Waals surface area contributed by atoms with E-state index in [1.165, 1.54) is 23.0 Å². The maximum Gasteiger partial charge on any atom is 0.231 e. The molecule has 178 valence electrons. The molecule has 0 radical (unpaired) electrons. The molecule has 4 aromatic rings. The van der Waals surface area contributed by atoms with Crippen LogP contribution in [0.1, 0.15) is 18.7 Å². The van der Waals surface area contributed by atoms with Gasteiger partial charge in [-0.15, -0.1) is 11.3 Å². The van der Waals surface area contributed by atoms with Gasteiger partial charge >= 0.3 is 0 Å². The molecule has 0 aliphatic carbocycles. The second kappa shape index (κ2) is 9.41. The highest BCUT2D eigenvalue weighted by molar-refractivity contribution is 7.99. The van der Waals surface area contributed by atoms with E-state index in [9.17, 15) is 5.11 Å². The molecule has 11 heteroatoms. The molecule has 3 aromatic heterocycles. The van der Waals surface area contributed by atoms with E-state index in [4.69, 9.17) is 20.2 Å². The van der Waals surface area contributed by atoms with E-state index < -0.39 is 6.10 Å². The Morgan fingerprint density at radius 2 is 2.03 bits per heavy atom.